The van der Waals surface area contributed by atoms with E-state index in [9.17, 15) is 50.4 Å². The molecule has 6 aromatic heterocycles. The van der Waals surface area contributed by atoms with E-state index in [0.29, 0.717) is 12.2 Å². The van der Waals surface area contributed by atoms with Gasteiger partial charge < -0.3 is 4.74 Å². The SMILES string of the molecule is CC#N.CC#N.CC(C)OC(C)C.F[P-](F)(F)(F)(F)F.F[P-](F)(F)(F)(F)F.[Ru+2].c1ccc(-n2cc(-c3ccccn3)nn2)cc1.c1ccc(-n2cc(-c3ccccn3)nn2)cc1.c1ccc(-n2cc(-c3ccccn3)nn2)cc1. The van der Waals surface area contributed by atoms with Crippen LogP contribution in [0.5, 0.6) is 0 Å². The van der Waals surface area contributed by atoms with Crippen molar-refractivity contribution >= 4 is 15.6 Å². The predicted octanol–water partition coefficient (Wildman–Crippen LogP) is 16.6. The number of aromatic nitrogens is 12. The van der Waals surface area contributed by atoms with Crippen molar-refractivity contribution in [2.75, 3.05) is 0 Å². The summed E-state index contributed by atoms with van der Waals surface area (Å²) in [6, 6.07) is 50.3. The molecular formula is C49H50F12N14OP2Ru. The van der Waals surface area contributed by atoms with Crippen LogP contribution in [0.15, 0.2) is 183 Å². The molecule has 15 nitrogen and oxygen atoms in total. The average molecular weight is 1240 g/mol. The van der Waals surface area contributed by atoms with Crippen LogP contribution in [0.3, 0.4) is 0 Å². The van der Waals surface area contributed by atoms with E-state index in [2.05, 4.69) is 45.9 Å². The summed E-state index contributed by atoms with van der Waals surface area (Å²) < 4.78 is 129. The third-order valence-electron chi connectivity index (χ3n) is 7.87. The Bertz CT molecular complexity index is 2690. The molecule has 0 unspecified atom stereocenters. The van der Waals surface area contributed by atoms with Crippen molar-refractivity contribution < 1.29 is 74.6 Å². The molecule has 0 amide bonds. The molecule has 0 radical (unpaired) electrons. The van der Waals surface area contributed by atoms with E-state index >= 15 is 0 Å². The Kier molecular flexibility index (Phi) is 26.0. The number of hydrogen-bond donors (Lipinski definition) is 0. The number of halogens is 12. The molecule has 0 fully saturated rings. The number of rotatable bonds is 8. The Balaban J connectivity index is 0.000000483. The molecule has 0 N–H and O–H groups in total. The molecule has 79 heavy (non-hydrogen) atoms. The third-order valence-corrected chi connectivity index (χ3v) is 7.87. The first-order valence-corrected chi connectivity index (χ1v) is 26.3. The summed E-state index contributed by atoms with van der Waals surface area (Å²) >= 11 is 0. The maximum atomic E-state index is 9.87. The van der Waals surface area contributed by atoms with Gasteiger partial charge in [-0.1, -0.05) is 88.4 Å². The fourth-order valence-electron chi connectivity index (χ4n) is 5.35. The van der Waals surface area contributed by atoms with Crippen molar-refractivity contribution in [3.8, 4) is 63.4 Å². The number of benzene rings is 3. The first-order valence-electron chi connectivity index (χ1n) is 22.2. The topological polar surface area (TPSA) is 188 Å². The maximum Gasteiger partial charge on any atom is 2.00 e. The maximum absolute atomic E-state index is 10.7. The van der Waals surface area contributed by atoms with E-state index in [4.69, 9.17) is 15.3 Å². The van der Waals surface area contributed by atoms with Gasteiger partial charge in [0.1, 0.15) is 17.1 Å². The van der Waals surface area contributed by atoms with Crippen molar-refractivity contribution in [3.05, 3.63) is 183 Å². The van der Waals surface area contributed by atoms with Crippen LogP contribution >= 0.6 is 15.6 Å². The Labute approximate surface area is 458 Å². The number of nitrogens with zero attached hydrogens (tertiary/aromatic N) is 14. The van der Waals surface area contributed by atoms with Gasteiger partial charge >= 0.3 is 85.5 Å². The van der Waals surface area contributed by atoms with Crippen molar-refractivity contribution in [1.29, 1.82) is 10.5 Å². The molecule has 6 heterocycles. The predicted molar refractivity (Wildman–Crippen MR) is 275 cm³/mol. The Morgan fingerprint density at radius 1 is 0.380 bits per heavy atom. The molecule has 0 bridgehead atoms. The molecule has 424 valence electrons. The zero-order chi connectivity index (χ0) is 58.6. The molecule has 0 atom stereocenters. The molecule has 0 aliphatic carbocycles. The Hall–Kier alpha value is -7.89. The zero-order valence-corrected chi connectivity index (χ0v) is 46.0. The van der Waals surface area contributed by atoms with E-state index in [1.807, 2.05) is 192 Å². The largest absolute Gasteiger partial charge is 2.00 e. The minimum Gasteiger partial charge on any atom is -0.254 e. The van der Waals surface area contributed by atoms with E-state index in [1.54, 1.807) is 44.8 Å². The molecule has 9 aromatic rings. The minimum absolute atomic E-state index is 0. The van der Waals surface area contributed by atoms with E-state index in [1.165, 1.54) is 13.8 Å². The van der Waals surface area contributed by atoms with Crippen molar-refractivity contribution in [3.63, 3.8) is 0 Å². The van der Waals surface area contributed by atoms with Gasteiger partial charge in [0, 0.05) is 32.4 Å². The fraction of sp³-hybridized carbons (Fsp3) is 0.163. The van der Waals surface area contributed by atoms with E-state index < -0.39 is 15.6 Å². The summed E-state index contributed by atoms with van der Waals surface area (Å²) in [5.41, 5.74) is 7.77. The summed E-state index contributed by atoms with van der Waals surface area (Å²) in [6.07, 6.45) is 11.6. The molecule has 30 heteroatoms. The van der Waals surface area contributed by atoms with Crippen LogP contribution < -0.4 is 0 Å². The number of ether oxygens (including phenoxy) is 1. The van der Waals surface area contributed by atoms with E-state index in [-0.39, 0.29) is 19.5 Å². The molecule has 0 spiro atoms. The van der Waals surface area contributed by atoms with Gasteiger partial charge in [0.2, 0.25) is 0 Å². The summed E-state index contributed by atoms with van der Waals surface area (Å²) in [5.74, 6) is 0. The Morgan fingerprint density at radius 3 is 0.747 bits per heavy atom. The van der Waals surface area contributed by atoms with Gasteiger partial charge in [0.05, 0.1) is 77.1 Å². The van der Waals surface area contributed by atoms with Crippen LogP contribution in [0.25, 0.3) is 51.2 Å². The summed E-state index contributed by atoms with van der Waals surface area (Å²) in [5, 5.41) is 39.2. The van der Waals surface area contributed by atoms with Gasteiger partial charge in [-0.25, -0.2) is 14.0 Å². The van der Waals surface area contributed by atoms with Crippen LogP contribution in [-0.2, 0) is 24.2 Å². The molecule has 0 aliphatic heterocycles. The van der Waals surface area contributed by atoms with Gasteiger partial charge in [0.25, 0.3) is 0 Å². The zero-order valence-electron chi connectivity index (χ0n) is 42.4. The summed E-state index contributed by atoms with van der Waals surface area (Å²) in [7, 11) is -21.3. The number of pyridine rings is 3. The quantitative estimate of drug-likeness (QED) is 0.0797. The second-order valence-corrected chi connectivity index (χ2v) is 19.2. The van der Waals surface area contributed by atoms with Crippen molar-refractivity contribution in [2.45, 2.75) is 53.8 Å². The van der Waals surface area contributed by atoms with Gasteiger partial charge in [-0.15, -0.1) is 15.3 Å². The molecule has 0 aliphatic rings. The summed E-state index contributed by atoms with van der Waals surface area (Å²) in [4.78, 5) is 12.7. The van der Waals surface area contributed by atoms with Gasteiger partial charge in [-0.2, -0.15) is 10.5 Å². The average Bonchev–Trinajstić information content (AvgIpc) is 4.18. The normalized spacial score (nSPS) is 12.0. The smallest absolute Gasteiger partial charge is 0.254 e. The van der Waals surface area contributed by atoms with Crippen molar-refractivity contribution in [2.24, 2.45) is 0 Å². The monoisotopic (exact) mass is 1240 g/mol. The van der Waals surface area contributed by atoms with Crippen molar-refractivity contribution in [1.82, 2.24) is 59.9 Å². The third kappa shape index (κ3) is 36.0. The molecule has 0 saturated heterocycles. The number of hydrogen-bond acceptors (Lipinski definition) is 12. The number of para-hydroxylation sites is 3. The molecular weight excluding hydrogens is 1190 g/mol. The standard InChI is InChI=1S/3C13H10N4.C6H14O.2C2H3N.2F6P.Ru/c3*1-2-6-11(7-3-1)17-10-13(15-16-17)12-8-4-5-9-14-12;1-5(2)7-6(3)4;2*1-2-3;2*1-7(2,3,4,5)6;/h3*1-10H;5-6H,1-4H3;2*1H3;;;/q;;;;;;2*-1;+2. The van der Waals surface area contributed by atoms with Crippen LogP contribution in [-0.4, -0.2) is 72.1 Å². The second-order valence-electron chi connectivity index (χ2n) is 15.4. The number of nitriles is 2. The fourth-order valence-corrected chi connectivity index (χ4v) is 5.35. The van der Waals surface area contributed by atoms with Gasteiger partial charge in [0.15, 0.2) is 0 Å². The van der Waals surface area contributed by atoms with Gasteiger partial charge in [-0.05, 0) is 100 Å². The molecule has 3 aromatic carbocycles. The van der Waals surface area contributed by atoms with Crippen LogP contribution in [0.4, 0.5) is 50.4 Å². The second kappa shape index (κ2) is 29.7. The Morgan fingerprint density at radius 2 is 0.582 bits per heavy atom. The van der Waals surface area contributed by atoms with Gasteiger partial charge in [-0.3, -0.25) is 15.0 Å². The molecule has 9 rings (SSSR count). The van der Waals surface area contributed by atoms with Crippen LogP contribution in [0, 0.1) is 22.7 Å². The first-order chi connectivity index (χ1) is 36.2. The molecule has 0 saturated carbocycles. The van der Waals surface area contributed by atoms with Crippen LogP contribution in [0.2, 0.25) is 0 Å². The van der Waals surface area contributed by atoms with Crippen LogP contribution in [0.1, 0.15) is 41.5 Å². The van der Waals surface area contributed by atoms with E-state index in [0.717, 1.165) is 51.2 Å². The minimum atomic E-state index is -10.7. The summed E-state index contributed by atoms with van der Waals surface area (Å²) in [6.45, 7) is 11.0. The first kappa shape index (κ1) is 69.1.